The largest absolute Gasteiger partial charge is 0.309 e. The second kappa shape index (κ2) is 4.89. The first-order valence-corrected chi connectivity index (χ1v) is 8.70. The van der Waals surface area contributed by atoms with E-state index in [9.17, 15) is 0 Å². The number of nitrogens with one attached hydrogen (secondary N) is 1. The van der Waals surface area contributed by atoms with Gasteiger partial charge in [0, 0.05) is 17.5 Å². The first kappa shape index (κ1) is 13.6. The molecule has 19 heavy (non-hydrogen) atoms. The summed E-state index contributed by atoms with van der Waals surface area (Å²) in [6.07, 6.45) is 4.02. The lowest BCUT2D eigenvalue weighted by atomic mass is 9.45. The van der Waals surface area contributed by atoms with E-state index in [0.717, 1.165) is 36.8 Å². The van der Waals surface area contributed by atoms with E-state index in [4.69, 9.17) is 0 Å². The predicted molar refractivity (Wildman–Crippen MR) is 83.5 cm³/mol. The number of hydrogen-bond donors (Lipinski definition) is 1. The van der Waals surface area contributed by atoms with Crippen molar-refractivity contribution >= 4 is 11.3 Å². The van der Waals surface area contributed by atoms with Gasteiger partial charge in [-0.3, -0.25) is 0 Å². The highest BCUT2D eigenvalue weighted by molar-refractivity contribution is 7.10. The van der Waals surface area contributed by atoms with Crippen LogP contribution in [0, 0.1) is 23.2 Å². The summed E-state index contributed by atoms with van der Waals surface area (Å²) >= 11 is 1.91. The van der Waals surface area contributed by atoms with E-state index < -0.39 is 0 Å². The van der Waals surface area contributed by atoms with Crippen LogP contribution in [0.1, 0.15) is 51.0 Å². The molecule has 3 saturated carbocycles. The molecule has 4 atom stereocenters. The van der Waals surface area contributed by atoms with Crippen molar-refractivity contribution in [1.82, 2.24) is 5.32 Å². The highest BCUT2D eigenvalue weighted by Crippen LogP contribution is 2.61. The normalized spacial score (nSPS) is 36.0. The van der Waals surface area contributed by atoms with Crippen LogP contribution in [0.4, 0.5) is 0 Å². The van der Waals surface area contributed by atoms with Gasteiger partial charge in [0.25, 0.3) is 0 Å². The fourth-order valence-electron chi connectivity index (χ4n) is 4.36. The Balaban J connectivity index is 1.57. The second-order valence-corrected chi connectivity index (χ2v) is 8.21. The van der Waals surface area contributed by atoms with Crippen molar-refractivity contribution in [3.05, 3.63) is 21.9 Å². The average Bonchev–Trinajstić information content (AvgIpc) is 2.84. The Morgan fingerprint density at radius 1 is 1.37 bits per heavy atom. The molecule has 3 fully saturated rings. The van der Waals surface area contributed by atoms with Crippen LogP contribution in [0.25, 0.3) is 0 Å². The van der Waals surface area contributed by atoms with E-state index in [0.29, 0.717) is 5.41 Å². The summed E-state index contributed by atoms with van der Waals surface area (Å²) in [6.45, 7) is 10.7. The summed E-state index contributed by atoms with van der Waals surface area (Å²) in [5, 5.41) is 6.14. The van der Waals surface area contributed by atoms with Gasteiger partial charge in [-0.15, -0.1) is 11.3 Å². The first-order chi connectivity index (χ1) is 9.02. The highest BCUT2D eigenvalue weighted by Gasteiger charge is 2.55. The van der Waals surface area contributed by atoms with Crippen LogP contribution in [0.15, 0.2) is 11.4 Å². The van der Waals surface area contributed by atoms with E-state index in [2.05, 4.69) is 44.5 Å². The average molecular weight is 277 g/mol. The Kier molecular flexibility index (Phi) is 3.51. The molecule has 2 heteroatoms. The molecule has 3 aliphatic carbocycles. The molecule has 1 aromatic heterocycles. The van der Waals surface area contributed by atoms with Crippen molar-refractivity contribution in [2.45, 2.75) is 59.5 Å². The lowest BCUT2D eigenvalue weighted by molar-refractivity contribution is -0.115. The molecule has 0 aliphatic heterocycles. The van der Waals surface area contributed by atoms with Gasteiger partial charge in [-0.05, 0) is 59.4 Å². The van der Waals surface area contributed by atoms with Gasteiger partial charge in [-0.25, -0.2) is 0 Å². The number of rotatable bonds is 4. The summed E-state index contributed by atoms with van der Waals surface area (Å²) in [7, 11) is 0. The molecule has 0 unspecified atom stereocenters. The van der Waals surface area contributed by atoms with Gasteiger partial charge >= 0.3 is 0 Å². The van der Waals surface area contributed by atoms with Crippen LogP contribution in [0.5, 0.6) is 0 Å². The topological polar surface area (TPSA) is 12.0 Å². The maximum atomic E-state index is 3.83. The van der Waals surface area contributed by atoms with Gasteiger partial charge in [0.15, 0.2) is 0 Å². The maximum absolute atomic E-state index is 3.83. The molecule has 106 valence electrons. The van der Waals surface area contributed by atoms with E-state index in [1.165, 1.54) is 23.3 Å². The third-order valence-corrected chi connectivity index (χ3v) is 6.99. The summed E-state index contributed by atoms with van der Waals surface area (Å²) in [6, 6.07) is 3.11. The van der Waals surface area contributed by atoms with E-state index in [1.54, 1.807) is 0 Å². The van der Waals surface area contributed by atoms with Crippen molar-refractivity contribution in [2.75, 3.05) is 0 Å². The molecule has 0 amide bonds. The molecule has 1 N–H and O–H groups in total. The molecule has 4 rings (SSSR count). The molecule has 3 aliphatic rings. The smallest absolute Gasteiger partial charge is 0.0302 e. The third kappa shape index (κ3) is 2.27. The Labute approximate surface area is 121 Å². The lowest BCUT2D eigenvalue weighted by Crippen LogP contribution is -2.59. The Hall–Kier alpha value is -0.340. The number of thiophene rings is 1. The van der Waals surface area contributed by atoms with Crippen molar-refractivity contribution in [3.63, 3.8) is 0 Å². The quantitative estimate of drug-likeness (QED) is 0.856. The zero-order valence-corrected chi connectivity index (χ0v) is 13.5. The Bertz CT molecular complexity index is 448. The van der Waals surface area contributed by atoms with E-state index in [1.807, 2.05) is 11.3 Å². The summed E-state index contributed by atoms with van der Waals surface area (Å²) < 4.78 is 0. The van der Waals surface area contributed by atoms with Gasteiger partial charge in [-0.1, -0.05) is 27.7 Å². The third-order valence-electron chi connectivity index (χ3n) is 6.01. The summed E-state index contributed by atoms with van der Waals surface area (Å²) in [5.41, 5.74) is 2.10. The van der Waals surface area contributed by atoms with Gasteiger partial charge in [-0.2, -0.15) is 0 Å². The van der Waals surface area contributed by atoms with Crippen LogP contribution < -0.4 is 5.32 Å². The molecule has 0 saturated heterocycles. The maximum Gasteiger partial charge on any atom is 0.0302 e. The fourth-order valence-corrected chi connectivity index (χ4v) is 5.28. The Morgan fingerprint density at radius 2 is 2.16 bits per heavy atom. The lowest BCUT2D eigenvalue weighted by Gasteiger charge is -2.62. The SMILES string of the molecule is CCc1csc(CN[C@@H]2C[C@H]3C[C@@H]([C@H]2C)C3(C)C)c1. The summed E-state index contributed by atoms with van der Waals surface area (Å²) in [4.78, 5) is 1.50. The zero-order chi connectivity index (χ0) is 13.6. The van der Waals surface area contributed by atoms with Gasteiger partial charge < -0.3 is 5.32 Å². The van der Waals surface area contributed by atoms with Crippen LogP contribution in [-0.2, 0) is 13.0 Å². The molecule has 0 radical (unpaired) electrons. The minimum absolute atomic E-state index is 0.607. The van der Waals surface area contributed by atoms with Crippen LogP contribution >= 0.6 is 11.3 Å². The predicted octanol–water partition coefficient (Wildman–Crippen LogP) is 4.47. The molecule has 1 aromatic rings. The molecular weight excluding hydrogens is 250 g/mol. The molecule has 0 aromatic carbocycles. The first-order valence-electron chi connectivity index (χ1n) is 7.82. The molecule has 2 bridgehead atoms. The van der Waals surface area contributed by atoms with Crippen LogP contribution in [0.2, 0.25) is 0 Å². The van der Waals surface area contributed by atoms with Crippen molar-refractivity contribution in [3.8, 4) is 0 Å². The highest BCUT2D eigenvalue weighted by atomic mass is 32.1. The van der Waals surface area contributed by atoms with Crippen molar-refractivity contribution in [1.29, 1.82) is 0 Å². The van der Waals surface area contributed by atoms with E-state index >= 15 is 0 Å². The monoisotopic (exact) mass is 277 g/mol. The number of aryl methyl sites for hydroxylation is 1. The number of hydrogen-bond acceptors (Lipinski definition) is 2. The molecule has 0 spiro atoms. The van der Waals surface area contributed by atoms with Gasteiger partial charge in [0.2, 0.25) is 0 Å². The molecule has 1 nitrogen and oxygen atoms in total. The number of fused-ring (bicyclic) bond motifs is 2. The second-order valence-electron chi connectivity index (χ2n) is 7.22. The van der Waals surface area contributed by atoms with Gasteiger partial charge in [0.05, 0.1) is 0 Å². The van der Waals surface area contributed by atoms with E-state index in [-0.39, 0.29) is 0 Å². The zero-order valence-electron chi connectivity index (χ0n) is 12.7. The standard InChI is InChI=1S/C17H27NS/c1-5-12-6-14(19-10-12)9-18-16-8-13-7-15(11(16)2)17(13,3)4/h6,10-11,13,15-16,18H,5,7-9H2,1-4H3/t11-,13-,15+,16-/m1/s1. The van der Waals surface area contributed by atoms with Crippen molar-refractivity contribution < 1.29 is 0 Å². The molecular formula is C17H27NS. The van der Waals surface area contributed by atoms with Crippen LogP contribution in [0.3, 0.4) is 0 Å². The summed E-state index contributed by atoms with van der Waals surface area (Å²) in [5.74, 6) is 2.74. The molecule has 1 heterocycles. The fraction of sp³-hybridized carbons (Fsp3) is 0.765. The van der Waals surface area contributed by atoms with Crippen LogP contribution in [-0.4, -0.2) is 6.04 Å². The minimum Gasteiger partial charge on any atom is -0.309 e. The minimum atomic E-state index is 0.607. The van der Waals surface area contributed by atoms with Gasteiger partial charge in [0.1, 0.15) is 0 Å². The Morgan fingerprint density at radius 3 is 2.74 bits per heavy atom. The van der Waals surface area contributed by atoms with Crippen molar-refractivity contribution in [2.24, 2.45) is 23.2 Å².